The molecule has 118 valence electrons. The number of aryl methyl sites for hydroxylation is 1. The number of aliphatic hydroxyl groups excluding tert-OH is 2. The summed E-state index contributed by atoms with van der Waals surface area (Å²) in [5, 5.41) is 18.4. The van der Waals surface area contributed by atoms with Gasteiger partial charge in [0.1, 0.15) is 10.6 Å². The largest absolute Gasteiger partial charge is 0.394 e. The number of hydrogen-bond donors (Lipinski definition) is 2. The molecule has 0 aromatic heterocycles. The second-order valence-electron chi connectivity index (χ2n) is 5.00. The predicted molar refractivity (Wildman–Crippen MR) is 82.2 cm³/mol. The molecule has 0 aliphatic carbocycles. The Hall–Kier alpha value is -1.89. The molecule has 2 N–H and O–H groups in total. The fourth-order valence-corrected chi connectivity index (χ4v) is 2.91. The number of para-hydroxylation sites is 1. The third kappa shape index (κ3) is 4.07. The van der Waals surface area contributed by atoms with Gasteiger partial charge < -0.3 is 14.4 Å². The van der Waals surface area contributed by atoms with Crippen molar-refractivity contribution in [2.24, 2.45) is 0 Å². The molecule has 0 saturated heterocycles. The Morgan fingerprint density at radius 2 is 1.73 bits per heavy atom. The molecule has 0 amide bonds. The van der Waals surface area contributed by atoms with Crippen LogP contribution in [0.15, 0.2) is 53.4 Å². The van der Waals surface area contributed by atoms with Crippen molar-refractivity contribution >= 4 is 10.1 Å². The molecular weight excluding hydrogens is 304 g/mol. The summed E-state index contributed by atoms with van der Waals surface area (Å²) in [6.45, 7) is 1.46. The predicted octanol–water partition coefficient (Wildman–Crippen LogP) is 1.66. The zero-order valence-electron chi connectivity index (χ0n) is 12.1. The van der Waals surface area contributed by atoms with Crippen molar-refractivity contribution in [1.82, 2.24) is 0 Å². The minimum absolute atomic E-state index is 0.0654. The molecule has 5 nitrogen and oxygen atoms in total. The highest BCUT2D eigenvalue weighted by atomic mass is 32.2. The van der Waals surface area contributed by atoms with E-state index in [0.717, 1.165) is 5.56 Å². The Labute approximate surface area is 129 Å². The van der Waals surface area contributed by atoms with Gasteiger partial charge in [-0.2, -0.15) is 8.42 Å². The van der Waals surface area contributed by atoms with Crippen LogP contribution in [0.1, 0.15) is 11.1 Å². The van der Waals surface area contributed by atoms with Crippen LogP contribution in [0.2, 0.25) is 0 Å². The summed E-state index contributed by atoms with van der Waals surface area (Å²) in [5.74, 6) is 0.149. The third-order valence-electron chi connectivity index (χ3n) is 3.15. The molecule has 1 atom stereocenters. The molecule has 22 heavy (non-hydrogen) atoms. The molecule has 0 aliphatic heterocycles. The van der Waals surface area contributed by atoms with Gasteiger partial charge in [0.15, 0.2) is 0 Å². The molecule has 2 rings (SSSR count). The summed E-state index contributed by atoms with van der Waals surface area (Å²) in [4.78, 5) is 0.0654. The molecule has 0 fully saturated rings. The van der Waals surface area contributed by atoms with Gasteiger partial charge in [0.2, 0.25) is 0 Å². The maximum Gasteiger partial charge on any atom is 0.339 e. The Morgan fingerprint density at radius 1 is 1.09 bits per heavy atom. The van der Waals surface area contributed by atoms with Gasteiger partial charge in [-0.3, -0.25) is 0 Å². The van der Waals surface area contributed by atoms with E-state index >= 15 is 0 Å². The first-order valence-electron chi connectivity index (χ1n) is 6.80. The van der Waals surface area contributed by atoms with Crippen LogP contribution in [0.3, 0.4) is 0 Å². The van der Waals surface area contributed by atoms with Crippen molar-refractivity contribution in [1.29, 1.82) is 0 Å². The number of benzene rings is 2. The molecule has 0 saturated carbocycles. The monoisotopic (exact) mass is 322 g/mol. The zero-order chi connectivity index (χ0) is 16.2. The Bertz CT molecular complexity index is 722. The van der Waals surface area contributed by atoms with Gasteiger partial charge >= 0.3 is 10.1 Å². The Kier molecular flexibility index (Phi) is 5.18. The maximum absolute atomic E-state index is 12.3. The van der Waals surface area contributed by atoms with Crippen molar-refractivity contribution in [2.45, 2.75) is 24.3 Å². The van der Waals surface area contributed by atoms with Crippen molar-refractivity contribution in [2.75, 3.05) is 6.61 Å². The van der Waals surface area contributed by atoms with Crippen LogP contribution in [0.5, 0.6) is 5.75 Å². The first-order chi connectivity index (χ1) is 10.4. The van der Waals surface area contributed by atoms with Gasteiger partial charge in [0.25, 0.3) is 0 Å². The molecule has 2 aromatic rings. The Morgan fingerprint density at radius 3 is 2.36 bits per heavy atom. The SMILES string of the molecule is Cc1ccc(S(=O)(=O)Oc2ccccc2CC(O)CO)cc1. The highest BCUT2D eigenvalue weighted by Crippen LogP contribution is 2.24. The van der Waals surface area contributed by atoms with Gasteiger partial charge in [-0.05, 0) is 30.7 Å². The van der Waals surface area contributed by atoms with E-state index in [1.54, 1.807) is 30.3 Å². The van der Waals surface area contributed by atoms with Crippen molar-refractivity contribution in [3.63, 3.8) is 0 Å². The van der Waals surface area contributed by atoms with E-state index in [4.69, 9.17) is 9.29 Å². The molecule has 2 aromatic carbocycles. The molecular formula is C16H18O5S. The second-order valence-corrected chi connectivity index (χ2v) is 6.55. The molecule has 0 spiro atoms. The number of hydrogen-bond acceptors (Lipinski definition) is 5. The van der Waals surface area contributed by atoms with E-state index in [2.05, 4.69) is 0 Å². The number of rotatable bonds is 6. The third-order valence-corrected chi connectivity index (χ3v) is 4.40. The minimum Gasteiger partial charge on any atom is -0.394 e. The molecule has 0 heterocycles. The van der Waals surface area contributed by atoms with Gasteiger partial charge in [-0.25, -0.2) is 0 Å². The maximum atomic E-state index is 12.3. The van der Waals surface area contributed by atoms with E-state index in [-0.39, 0.29) is 17.1 Å². The quantitative estimate of drug-likeness (QED) is 0.790. The molecule has 1 unspecified atom stereocenters. The van der Waals surface area contributed by atoms with Crippen LogP contribution in [-0.4, -0.2) is 31.3 Å². The fraction of sp³-hybridized carbons (Fsp3) is 0.250. The van der Waals surface area contributed by atoms with Crippen LogP contribution >= 0.6 is 0 Å². The molecule has 0 radical (unpaired) electrons. The second kappa shape index (κ2) is 6.91. The van der Waals surface area contributed by atoms with E-state index < -0.39 is 22.8 Å². The summed E-state index contributed by atoms with van der Waals surface area (Å²) < 4.78 is 29.8. The lowest BCUT2D eigenvalue weighted by Crippen LogP contribution is -2.17. The average molecular weight is 322 g/mol. The topological polar surface area (TPSA) is 83.8 Å². The first kappa shape index (κ1) is 16.5. The summed E-state index contributed by atoms with van der Waals surface area (Å²) in [6.07, 6.45) is -0.859. The molecule has 0 aliphatic rings. The van der Waals surface area contributed by atoms with E-state index in [1.807, 2.05) is 6.92 Å². The standard InChI is InChI=1S/C16H18O5S/c1-12-6-8-15(9-7-12)22(19,20)21-16-5-3-2-4-13(16)10-14(18)11-17/h2-9,14,17-18H,10-11H2,1H3. The van der Waals surface area contributed by atoms with Crippen LogP contribution < -0.4 is 4.18 Å². The van der Waals surface area contributed by atoms with Crippen molar-refractivity contribution < 1.29 is 22.8 Å². The minimum atomic E-state index is -3.94. The van der Waals surface area contributed by atoms with Gasteiger partial charge in [0, 0.05) is 6.42 Å². The van der Waals surface area contributed by atoms with E-state index in [9.17, 15) is 13.5 Å². The van der Waals surface area contributed by atoms with E-state index in [0.29, 0.717) is 5.56 Å². The van der Waals surface area contributed by atoms with Gasteiger partial charge in [-0.1, -0.05) is 35.9 Å². The lowest BCUT2D eigenvalue weighted by molar-refractivity contribution is 0.0952. The summed E-state index contributed by atoms with van der Waals surface area (Å²) in [7, 11) is -3.94. The van der Waals surface area contributed by atoms with Crippen LogP contribution in [-0.2, 0) is 16.5 Å². The summed E-state index contributed by atoms with van der Waals surface area (Å²) in [6, 6.07) is 12.9. The Balaban J connectivity index is 2.28. The fourth-order valence-electron chi connectivity index (χ4n) is 1.94. The van der Waals surface area contributed by atoms with Crippen LogP contribution in [0.25, 0.3) is 0 Å². The van der Waals surface area contributed by atoms with Gasteiger partial charge in [0.05, 0.1) is 12.7 Å². The smallest absolute Gasteiger partial charge is 0.339 e. The summed E-state index contributed by atoms with van der Waals surface area (Å²) in [5.41, 5.74) is 1.46. The average Bonchev–Trinajstić information content (AvgIpc) is 2.49. The van der Waals surface area contributed by atoms with E-state index in [1.165, 1.54) is 18.2 Å². The van der Waals surface area contributed by atoms with Crippen LogP contribution in [0, 0.1) is 6.92 Å². The number of aliphatic hydroxyl groups is 2. The normalized spacial score (nSPS) is 12.9. The lowest BCUT2D eigenvalue weighted by Gasteiger charge is -2.13. The molecule has 0 bridgehead atoms. The van der Waals surface area contributed by atoms with Crippen molar-refractivity contribution in [3.05, 3.63) is 59.7 Å². The van der Waals surface area contributed by atoms with Gasteiger partial charge in [-0.15, -0.1) is 0 Å². The molecule has 6 heteroatoms. The zero-order valence-corrected chi connectivity index (χ0v) is 13.0. The lowest BCUT2D eigenvalue weighted by atomic mass is 10.1. The highest BCUT2D eigenvalue weighted by molar-refractivity contribution is 7.87. The first-order valence-corrected chi connectivity index (χ1v) is 8.21. The highest BCUT2D eigenvalue weighted by Gasteiger charge is 2.19. The summed E-state index contributed by atoms with van der Waals surface area (Å²) >= 11 is 0. The van der Waals surface area contributed by atoms with Crippen molar-refractivity contribution in [3.8, 4) is 5.75 Å². The van der Waals surface area contributed by atoms with Crippen LogP contribution in [0.4, 0.5) is 0 Å².